The van der Waals surface area contributed by atoms with Crippen LogP contribution in [0.2, 0.25) is 0 Å². The molecule has 0 aliphatic rings. The van der Waals surface area contributed by atoms with Crippen LogP contribution in [0.4, 0.5) is 0 Å². The minimum absolute atomic E-state index is 0.808. The first kappa shape index (κ1) is 10.9. The molecule has 2 nitrogen and oxygen atoms in total. The van der Waals surface area contributed by atoms with Crippen molar-refractivity contribution < 1.29 is 4.52 Å². The number of aromatic nitrogens is 1. The molecule has 0 fully saturated rings. The Hall–Kier alpha value is -1.14. The van der Waals surface area contributed by atoms with E-state index in [0.29, 0.717) is 0 Å². The Balaban J connectivity index is 3.07. The molecule has 1 unspecified atom stereocenters. The Morgan fingerprint density at radius 1 is 1.57 bits per heavy atom. The third-order valence-electron chi connectivity index (χ3n) is 1.97. The number of hydrogen-bond donors (Lipinski definition) is 0. The van der Waals surface area contributed by atoms with Gasteiger partial charge in [0.25, 0.3) is 0 Å². The summed E-state index contributed by atoms with van der Waals surface area (Å²) in [5.41, 5.74) is 2.90. The van der Waals surface area contributed by atoms with E-state index in [1.54, 1.807) is 6.08 Å². The summed E-state index contributed by atoms with van der Waals surface area (Å²) in [6, 6.07) is 0. The number of rotatable bonds is 3. The third-order valence-corrected chi connectivity index (χ3v) is 2.19. The van der Waals surface area contributed by atoms with Crippen molar-refractivity contribution in [1.29, 1.82) is 0 Å². The fraction of sp³-hybridized carbons (Fsp3) is 0.182. The van der Waals surface area contributed by atoms with Crippen LogP contribution in [0.3, 0.4) is 0 Å². The lowest BCUT2D eigenvalue weighted by atomic mass is 10.1. The maximum Gasteiger partial charge on any atom is 0.166 e. The van der Waals surface area contributed by atoms with Crippen LogP contribution in [0, 0.1) is 6.92 Å². The number of nitrogens with zero attached hydrogens (tertiary/aromatic N) is 1. The van der Waals surface area contributed by atoms with Gasteiger partial charge in [0.15, 0.2) is 5.76 Å². The van der Waals surface area contributed by atoms with Crippen molar-refractivity contribution >= 4 is 20.9 Å². The number of hydrogen-bond acceptors (Lipinski definition) is 2. The first-order valence-electron chi connectivity index (χ1n) is 4.35. The smallest absolute Gasteiger partial charge is 0.166 e. The highest BCUT2D eigenvalue weighted by Gasteiger charge is 2.09. The molecule has 1 aromatic rings. The van der Waals surface area contributed by atoms with E-state index in [1.807, 2.05) is 31.8 Å². The van der Waals surface area contributed by atoms with E-state index >= 15 is 0 Å². The van der Waals surface area contributed by atoms with Gasteiger partial charge < -0.3 is 4.52 Å². The van der Waals surface area contributed by atoms with E-state index in [-0.39, 0.29) is 0 Å². The first-order chi connectivity index (χ1) is 6.70. The van der Waals surface area contributed by atoms with Gasteiger partial charge >= 0.3 is 0 Å². The predicted octanol–water partition coefficient (Wildman–Crippen LogP) is 3.42. The first-order valence-corrected chi connectivity index (χ1v) is 5.01. The summed E-state index contributed by atoms with van der Waals surface area (Å²) in [7, 11) is 2.52. The zero-order valence-corrected chi connectivity index (χ0v) is 9.60. The molecule has 0 saturated carbocycles. The molecule has 1 atom stereocenters. The van der Waals surface area contributed by atoms with Gasteiger partial charge in [-0.05, 0) is 25.5 Å². The predicted molar refractivity (Wildman–Crippen MR) is 63.8 cm³/mol. The summed E-state index contributed by atoms with van der Waals surface area (Å²) in [4.78, 5) is 0. The minimum Gasteiger partial charge on any atom is -0.356 e. The van der Waals surface area contributed by atoms with Gasteiger partial charge in [-0.25, -0.2) is 0 Å². The Kier molecular flexibility index (Phi) is 3.84. The zero-order chi connectivity index (χ0) is 10.6. The molecule has 1 aromatic heterocycles. The summed E-state index contributed by atoms with van der Waals surface area (Å²) < 4.78 is 5.21. The molecule has 0 amide bonds. The molecule has 3 heteroatoms. The average Bonchev–Trinajstić information content (AvgIpc) is 2.56. The molecule has 0 aliphatic heterocycles. The normalized spacial score (nSPS) is 12.4. The molecule has 0 spiro atoms. The fourth-order valence-electron chi connectivity index (χ4n) is 1.18. The standard InChI is InChI=1S/C11H14NOP/c1-4-10-9(3)11(13-12-10)8(2)6-5-7-14/h4-7H,1,14H2,2-3H3. The second-order valence-electron chi connectivity index (χ2n) is 2.96. The van der Waals surface area contributed by atoms with Crippen LogP contribution in [-0.2, 0) is 0 Å². The molecular formula is C11H14NOP. The molecular weight excluding hydrogens is 193 g/mol. The van der Waals surface area contributed by atoms with Gasteiger partial charge in [0.1, 0.15) is 5.69 Å². The summed E-state index contributed by atoms with van der Waals surface area (Å²) in [5.74, 6) is 2.71. The highest BCUT2D eigenvalue weighted by molar-refractivity contribution is 7.20. The van der Waals surface area contributed by atoms with Crippen molar-refractivity contribution in [3.8, 4) is 0 Å². The lowest BCUT2D eigenvalue weighted by Gasteiger charge is -1.94. The molecule has 0 bridgehead atoms. The Morgan fingerprint density at radius 2 is 2.29 bits per heavy atom. The molecule has 1 heterocycles. The molecule has 0 saturated heterocycles. The monoisotopic (exact) mass is 207 g/mol. The van der Waals surface area contributed by atoms with Gasteiger partial charge in [-0.2, -0.15) is 0 Å². The SMILES string of the molecule is C=Cc1noc(C(C)=CC=CP)c1C. The Bertz CT molecular complexity index is 388. The Morgan fingerprint density at radius 3 is 2.79 bits per heavy atom. The van der Waals surface area contributed by atoms with Crippen molar-refractivity contribution in [2.45, 2.75) is 13.8 Å². The molecule has 0 aliphatic carbocycles. The largest absolute Gasteiger partial charge is 0.356 e. The van der Waals surface area contributed by atoms with Gasteiger partial charge in [-0.3, -0.25) is 0 Å². The zero-order valence-electron chi connectivity index (χ0n) is 8.45. The highest BCUT2D eigenvalue weighted by atomic mass is 31.0. The van der Waals surface area contributed by atoms with Gasteiger partial charge in [-0.1, -0.05) is 29.7 Å². The Labute approximate surface area is 86.6 Å². The van der Waals surface area contributed by atoms with Crippen molar-refractivity contribution in [2.24, 2.45) is 0 Å². The molecule has 74 valence electrons. The topological polar surface area (TPSA) is 26.0 Å². The number of allylic oxidation sites excluding steroid dienone is 3. The molecule has 0 N–H and O–H groups in total. The maximum absolute atomic E-state index is 5.21. The maximum atomic E-state index is 5.21. The van der Waals surface area contributed by atoms with Crippen molar-refractivity contribution in [2.75, 3.05) is 0 Å². The van der Waals surface area contributed by atoms with E-state index in [4.69, 9.17) is 4.52 Å². The average molecular weight is 207 g/mol. The molecule has 0 radical (unpaired) electrons. The van der Waals surface area contributed by atoms with E-state index in [2.05, 4.69) is 21.0 Å². The molecule has 14 heavy (non-hydrogen) atoms. The van der Waals surface area contributed by atoms with Crippen LogP contribution in [0.5, 0.6) is 0 Å². The summed E-state index contributed by atoms with van der Waals surface area (Å²) in [6.45, 7) is 7.64. The van der Waals surface area contributed by atoms with E-state index in [0.717, 1.165) is 22.6 Å². The van der Waals surface area contributed by atoms with Crippen LogP contribution >= 0.6 is 9.24 Å². The summed E-state index contributed by atoms with van der Waals surface area (Å²) >= 11 is 0. The van der Waals surface area contributed by atoms with E-state index in [9.17, 15) is 0 Å². The lowest BCUT2D eigenvalue weighted by molar-refractivity contribution is 0.408. The van der Waals surface area contributed by atoms with Crippen LogP contribution in [0.25, 0.3) is 11.6 Å². The second-order valence-corrected chi connectivity index (χ2v) is 3.35. The quantitative estimate of drug-likeness (QED) is 0.560. The summed E-state index contributed by atoms with van der Waals surface area (Å²) in [6.07, 6.45) is 5.62. The van der Waals surface area contributed by atoms with E-state index < -0.39 is 0 Å². The van der Waals surface area contributed by atoms with Gasteiger partial charge in [0.2, 0.25) is 0 Å². The van der Waals surface area contributed by atoms with Crippen LogP contribution in [-0.4, -0.2) is 5.16 Å². The van der Waals surface area contributed by atoms with Gasteiger partial charge in [0, 0.05) is 5.56 Å². The van der Waals surface area contributed by atoms with E-state index in [1.165, 1.54) is 0 Å². The van der Waals surface area contributed by atoms with Crippen LogP contribution in [0.1, 0.15) is 23.9 Å². The minimum atomic E-state index is 0.808. The van der Waals surface area contributed by atoms with Crippen molar-refractivity contribution in [3.05, 3.63) is 41.6 Å². The highest BCUT2D eigenvalue weighted by Crippen LogP contribution is 2.21. The fourth-order valence-corrected chi connectivity index (χ4v) is 1.29. The lowest BCUT2D eigenvalue weighted by Crippen LogP contribution is -1.80. The molecule has 1 rings (SSSR count). The van der Waals surface area contributed by atoms with Crippen LogP contribution in [0.15, 0.2) is 29.1 Å². The summed E-state index contributed by atoms with van der Waals surface area (Å²) in [5, 5.41) is 3.90. The van der Waals surface area contributed by atoms with Crippen LogP contribution < -0.4 is 0 Å². The van der Waals surface area contributed by atoms with Crippen molar-refractivity contribution in [1.82, 2.24) is 5.16 Å². The second kappa shape index (κ2) is 4.92. The third kappa shape index (κ3) is 2.21. The van der Waals surface area contributed by atoms with Gasteiger partial charge in [0.05, 0.1) is 0 Å². The van der Waals surface area contributed by atoms with Crippen molar-refractivity contribution in [3.63, 3.8) is 0 Å². The van der Waals surface area contributed by atoms with Gasteiger partial charge in [-0.15, -0.1) is 9.24 Å². The molecule has 0 aromatic carbocycles.